The summed E-state index contributed by atoms with van der Waals surface area (Å²) >= 11 is 5.83. The lowest BCUT2D eigenvalue weighted by Gasteiger charge is -2.24. The van der Waals surface area contributed by atoms with Crippen LogP contribution in [-0.2, 0) is 6.42 Å². The molecule has 102 valence electrons. The molecular weight excluding hydrogens is 275 g/mol. The molecule has 0 radical (unpaired) electrons. The molecule has 0 saturated heterocycles. The summed E-state index contributed by atoms with van der Waals surface area (Å²) in [6.45, 7) is 1.78. The van der Waals surface area contributed by atoms with Crippen LogP contribution in [0.3, 0.4) is 0 Å². The third-order valence-electron chi connectivity index (χ3n) is 2.96. The van der Waals surface area contributed by atoms with Gasteiger partial charge >= 0.3 is 0 Å². The largest absolute Gasteiger partial charge is 0.367 e. The Morgan fingerprint density at radius 2 is 1.95 bits per heavy atom. The average Bonchev–Trinajstić information content (AvgIpc) is 2.41. The van der Waals surface area contributed by atoms with Crippen molar-refractivity contribution in [1.82, 2.24) is 0 Å². The summed E-state index contributed by atoms with van der Waals surface area (Å²) in [4.78, 5) is 0. The predicted molar refractivity (Wildman–Crippen MR) is 79.2 cm³/mol. The minimum Gasteiger partial charge on any atom is -0.367 e. The molecule has 0 aromatic heterocycles. The Morgan fingerprint density at radius 1 is 1.25 bits per heavy atom. The monoisotopic (exact) mass is 288 g/mol. The van der Waals surface area contributed by atoms with Crippen molar-refractivity contribution in [1.29, 1.82) is 5.26 Å². The molecule has 0 aliphatic rings. The highest BCUT2D eigenvalue weighted by molar-refractivity contribution is 6.30. The van der Waals surface area contributed by atoms with E-state index < -0.39 is 5.54 Å². The van der Waals surface area contributed by atoms with Crippen molar-refractivity contribution in [2.75, 3.05) is 5.32 Å². The Balaban J connectivity index is 2.17. The zero-order valence-electron chi connectivity index (χ0n) is 11.0. The molecule has 2 nitrogen and oxygen atoms in total. The Hall–Kier alpha value is -2.05. The van der Waals surface area contributed by atoms with E-state index in [-0.39, 0.29) is 5.82 Å². The molecule has 0 saturated carbocycles. The minimum absolute atomic E-state index is 0.297. The molecule has 0 fully saturated rings. The Bertz CT molecular complexity index is 634. The number of halogens is 2. The van der Waals surface area contributed by atoms with Crippen LogP contribution in [0.2, 0.25) is 5.02 Å². The van der Waals surface area contributed by atoms with Gasteiger partial charge in [0.1, 0.15) is 11.4 Å². The van der Waals surface area contributed by atoms with E-state index in [1.54, 1.807) is 25.1 Å². The molecule has 1 N–H and O–H groups in total. The first-order valence-electron chi connectivity index (χ1n) is 6.20. The van der Waals surface area contributed by atoms with Gasteiger partial charge in [-0.3, -0.25) is 0 Å². The van der Waals surface area contributed by atoms with Gasteiger partial charge in [-0.1, -0.05) is 23.7 Å². The van der Waals surface area contributed by atoms with Crippen LogP contribution in [0.15, 0.2) is 48.5 Å². The predicted octanol–water partition coefficient (Wildman–Crippen LogP) is 4.42. The fourth-order valence-corrected chi connectivity index (χ4v) is 2.14. The second kappa shape index (κ2) is 5.94. The molecule has 0 heterocycles. The van der Waals surface area contributed by atoms with Gasteiger partial charge in [0.2, 0.25) is 0 Å². The highest BCUT2D eigenvalue weighted by Crippen LogP contribution is 2.21. The van der Waals surface area contributed by atoms with E-state index in [2.05, 4.69) is 11.4 Å². The van der Waals surface area contributed by atoms with E-state index in [9.17, 15) is 9.65 Å². The van der Waals surface area contributed by atoms with Crippen molar-refractivity contribution >= 4 is 17.3 Å². The van der Waals surface area contributed by atoms with Crippen LogP contribution in [0.5, 0.6) is 0 Å². The lowest BCUT2D eigenvalue weighted by atomic mass is 9.94. The molecule has 0 bridgehead atoms. The average molecular weight is 289 g/mol. The van der Waals surface area contributed by atoms with Crippen LogP contribution in [0.1, 0.15) is 12.5 Å². The zero-order chi connectivity index (χ0) is 14.6. The second-order valence-electron chi connectivity index (χ2n) is 4.88. The standard InChI is InChI=1S/C16H14ClFN2/c1-16(11-19,10-12-3-2-4-14(18)9-12)20-15-7-5-13(17)6-8-15/h2-9,20H,10H2,1H3. The van der Waals surface area contributed by atoms with Crippen molar-refractivity contribution in [2.24, 2.45) is 0 Å². The first-order chi connectivity index (χ1) is 9.50. The van der Waals surface area contributed by atoms with Gasteiger partial charge in [-0.15, -0.1) is 0 Å². The number of nitrogens with zero attached hydrogens (tertiary/aromatic N) is 1. The topological polar surface area (TPSA) is 35.8 Å². The molecule has 2 aromatic rings. The highest BCUT2D eigenvalue weighted by Gasteiger charge is 2.24. The summed E-state index contributed by atoms with van der Waals surface area (Å²) in [5, 5.41) is 13.2. The zero-order valence-corrected chi connectivity index (χ0v) is 11.8. The van der Waals surface area contributed by atoms with Crippen LogP contribution >= 0.6 is 11.6 Å². The van der Waals surface area contributed by atoms with E-state index in [4.69, 9.17) is 11.6 Å². The van der Waals surface area contributed by atoms with E-state index in [1.807, 2.05) is 18.2 Å². The number of nitriles is 1. The molecule has 1 unspecified atom stereocenters. The van der Waals surface area contributed by atoms with Gasteiger partial charge in [-0.2, -0.15) is 5.26 Å². The van der Waals surface area contributed by atoms with Crippen LogP contribution in [0.4, 0.5) is 10.1 Å². The van der Waals surface area contributed by atoms with Gasteiger partial charge in [-0.05, 0) is 48.9 Å². The number of hydrogen-bond donors (Lipinski definition) is 1. The molecule has 2 aromatic carbocycles. The Labute approximate surface area is 122 Å². The number of nitrogens with one attached hydrogen (secondary N) is 1. The Morgan fingerprint density at radius 3 is 2.55 bits per heavy atom. The Kier molecular flexibility index (Phi) is 4.26. The van der Waals surface area contributed by atoms with Crippen LogP contribution in [0, 0.1) is 17.1 Å². The minimum atomic E-state index is -0.818. The van der Waals surface area contributed by atoms with Crippen LogP contribution in [-0.4, -0.2) is 5.54 Å². The molecule has 1 atom stereocenters. The molecule has 0 aliphatic carbocycles. The van der Waals surface area contributed by atoms with Gasteiger partial charge in [-0.25, -0.2) is 4.39 Å². The lowest BCUT2D eigenvalue weighted by Crippen LogP contribution is -2.35. The summed E-state index contributed by atoms with van der Waals surface area (Å²) in [5.41, 5.74) is 0.757. The van der Waals surface area contributed by atoms with E-state index in [1.165, 1.54) is 12.1 Å². The summed E-state index contributed by atoms with van der Waals surface area (Å²) in [6, 6.07) is 15.7. The van der Waals surface area contributed by atoms with Gasteiger partial charge in [0, 0.05) is 17.1 Å². The quantitative estimate of drug-likeness (QED) is 0.904. The molecule has 4 heteroatoms. The molecule has 0 aliphatic heterocycles. The lowest BCUT2D eigenvalue weighted by molar-refractivity contribution is 0.613. The summed E-state index contributed by atoms with van der Waals surface area (Å²) in [7, 11) is 0. The highest BCUT2D eigenvalue weighted by atomic mass is 35.5. The first-order valence-corrected chi connectivity index (χ1v) is 6.58. The first kappa shape index (κ1) is 14.4. The van der Waals surface area contributed by atoms with Crippen LogP contribution < -0.4 is 5.32 Å². The maximum atomic E-state index is 13.2. The SMILES string of the molecule is CC(C#N)(Cc1cccc(F)c1)Nc1ccc(Cl)cc1. The second-order valence-corrected chi connectivity index (χ2v) is 5.32. The summed E-state index contributed by atoms with van der Waals surface area (Å²) in [5.74, 6) is -0.297. The van der Waals surface area contributed by atoms with Gasteiger partial charge in [0.15, 0.2) is 0 Å². The van der Waals surface area contributed by atoms with Gasteiger partial charge < -0.3 is 5.32 Å². The smallest absolute Gasteiger partial charge is 0.126 e. The molecule has 2 rings (SSSR count). The fourth-order valence-electron chi connectivity index (χ4n) is 2.02. The molecule has 0 amide bonds. The van der Waals surface area contributed by atoms with E-state index >= 15 is 0 Å². The maximum Gasteiger partial charge on any atom is 0.126 e. The molecule has 20 heavy (non-hydrogen) atoms. The third-order valence-corrected chi connectivity index (χ3v) is 3.21. The molecule has 0 spiro atoms. The van der Waals surface area contributed by atoms with Crippen molar-refractivity contribution in [3.05, 3.63) is 64.9 Å². The van der Waals surface area contributed by atoms with Crippen molar-refractivity contribution < 1.29 is 4.39 Å². The van der Waals surface area contributed by atoms with Crippen LogP contribution in [0.25, 0.3) is 0 Å². The normalized spacial score (nSPS) is 13.3. The number of anilines is 1. The van der Waals surface area contributed by atoms with Crippen molar-refractivity contribution in [3.63, 3.8) is 0 Å². The number of hydrogen-bond acceptors (Lipinski definition) is 2. The fraction of sp³-hybridized carbons (Fsp3) is 0.188. The number of benzene rings is 2. The maximum absolute atomic E-state index is 13.2. The van der Waals surface area contributed by atoms with Crippen molar-refractivity contribution in [3.8, 4) is 6.07 Å². The van der Waals surface area contributed by atoms with E-state index in [0.717, 1.165) is 11.3 Å². The molecular formula is C16H14ClFN2. The summed E-state index contributed by atoms with van der Waals surface area (Å²) in [6.07, 6.45) is 0.407. The van der Waals surface area contributed by atoms with Gasteiger partial charge in [0.05, 0.1) is 6.07 Å². The van der Waals surface area contributed by atoms with E-state index in [0.29, 0.717) is 11.4 Å². The third kappa shape index (κ3) is 3.72. The summed E-state index contributed by atoms with van der Waals surface area (Å²) < 4.78 is 13.2. The van der Waals surface area contributed by atoms with Crippen molar-refractivity contribution in [2.45, 2.75) is 18.9 Å². The van der Waals surface area contributed by atoms with Gasteiger partial charge in [0.25, 0.3) is 0 Å². The number of rotatable bonds is 4.